The lowest BCUT2D eigenvalue weighted by molar-refractivity contribution is 0.242. The normalized spacial score (nSPS) is 16.8. The molecule has 1 aliphatic heterocycles. The number of aromatic nitrogens is 2. The van der Waals surface area contributed by atoms with E-state index in [9.17, 15) is 0 Å². The van der Waals surface area contributed by atoms with Gasteiger partial charge >= 0.3 is 0 Å². The summed E-state index contributed by atoms with van der Waals surface area (Å²) in [4.78, 5) is 0. The van der Waals surface area contributed by atoms with Crippen molar-refractivity contribution in [2.75, 3.05) is 6.54 Å². The van der Waals surface area contributed by atoms with Gasteiger partial charge in [0.05, 0.1) is 6.20 Å². The number of nitrogens with one attached hydrogen (secondary N) is 1. The van der Waals surface area contributed by atoms with E-state index in [0.717, 1.165) is 34.4 Å². The van der Waals surface area contributed by atoms with Gasteiger partial charge in [0.2, 0.25) is 0 Å². The van der Waals surface area contributed by atoms with E-state index in [1.54, 1.807) is 6.20 Å². The van der Waals surface area contributed by atoms with Crippen LogP contribution in [0.3, 0.4) is 0 Å². The molecule has 5 heteroatoms. The summed E-state index contributed by atoms with van der Waals surface area (Å²) in [6, 6.07) is 6.24. The zero-order valence-corrected chi connectivity index (χ0v) is 10.6. The van der Waals surface area contributed by atoms with Gasteiger partial charge < -0.3 is 10.5 Å². The molecule has 2 heterocycles. The maximum Gasteiger partial charge on any atom is 0.143 e. The van der Waals surface area contributed by atoms with E-state index in [0.29, 0.717) is 12.2 Å². The largest absolute Gasteiger partial charge is 0.488 e. The third kappa shape index (κ3) is 1.86. The Morgan fingerprint density at radius 3 is 3.11 bits per heavy atom. The van der Waals surface area contributed by atoms with Crippen molar-refractivity contribution < 1.29 is 4.74 Å². The number of nitrogens with two attached hydrogens (primary N) is 1. The fourth-order valence-electron chi connectivity index (χ4n) is 2.50. The highest BCUT2D eigenvalue weighted by Crippen LogP contribution is 2.40. The van der Waals surface area contributed by atoms with E-state index in [2.05, 4.69) is 22.3 Å². The number of hydrogen-bond acceptors (Lipinski definition) is 4. The van der Waals surface area contributed by atoms with Crippen LogP contribution < -0.4 is 10.5 Å². The Labute approximate surface area is 111 Å². The molecule has 0 radical (unpaired) electrons. The minimum Gasteiger partial charge on any atom is -0.488 e. The monoisotopic (exact) mass is 254 g/mol. The molecule has 0 spiro atoms. The molecule has 0 saturated carbocycles. The molecule has 3 N–H and O–H groups in total. The average Bonchev–Trinajstić information content (AvgIpc) is 3.02. The van der Waals surface area contributed by atoms with Gasteiger partial charge in [-0.25, -0.2) is 0 Å². The van der Waals surface area contributed by atoms with Crippen molar-refractivity contribution >= 4 is 0 Å². The average molecular weight is 254 g/mol. The highest BCUT2D eigenvalue weighted by molar-refractivity contribution is 5.76. The first-order chi connectivity index (χ1) is 9.22. The molecule has 0 fully saturated rings. The Kier molecular flexibility index (Phi) is 2.73. The standard InChI is InChI=1S/C14H14N4O/c1-8-2-9-4-10(5-15)19-14(9)11(3-8)12-7-17-18-13(12)6-16/h2-3,7,10H,4-5,15H2,1H3,(H,17,18). The van der Waals surface area contributed by atoms with Crippen molar-refractivity contribution in [1.29, 1.82) is 5.26 Å². The van der Waals surface area contributed by atoms with Crippen molar-refractivity contribution in [3.63, 3.8) is 0 Å². The van der Waals surface area contributed by atoms with Crippen molar-refractivity contribution in [2.24, 2.45) is 5.73 Å². The second kappa shape index (κ2) is 4.41. The molecule has 0 saturated heterocycles. The van der Waals surface area contributed by atoms with Crippen LogP contribution in [0, 0.1) is 18.3 Å². The molecule has 0 bridgehead atoms. The lowest BCUT2D eigenvalue weighted by atomic mass is 9.98. The maximum absolute atomic E-state index is 9.10. The van der Waals surface area contributed by atoms with Crippen LogP contribution in [-0.2, 0) is 6.42 Å². The van der Waals surface area contributed by atoms with Gasteiger partial charge in [-0.3, -0.25) is 5.10 Å². The van der Waals surface area contributed by atoms with Crippen LogP contribution in [0.25, 0.3) is 11.1 Å². The summed E-state index contributed by atoms with van der Waals surface area (Å²) in [5.74, 6) is 0.832. The van der Waals surface area contributed by atoms with E-state index < -0.39 is 0 Å². The number of rotatable bonds is 2. The third-order valence-corrected chi connectivity index (χ3v) is 3.35. The minimum atomic E-state index is 0.0213. The van der Waals surface area contributed by atoms with Crippen LogP contribution in [0.1, 0.15) is 16.8 Å². The summed E-state index contributed by atoms with van der Waals surface area (Å²) >= 11 is 0. The van der Waals surface area contributed by atoms with E-state index in [4.69, 9.17) is 15.7 Å². The Hall–Kier alpha value is -2.32. The van der Waals surface area contributed by atoms with Crippen molar-refractivity contribution in [2.45, 2.75) is 19.4 Å². The zero-order valence-electron chi connectivity index (χ0n) is 10.6. The van der Waals surface area contributed by atoms with Crippen LogP contribution >= 0.6 is 0 Å². The second-order valence-electron chi connectivity index (χ2n) is 4.75. The third-order valence-electron chi connectivity index (χ3n) is 3.35. The van der Waals surface area contributed by atoms with Crippen molar-refractivity contribution in [3.05, 3.63) is 35.2 Å². The molecule has 1 atom stereocenters. The Balaban J connectivity index is 2.16. The lowest BCUT2D eigenvalue weighted by Crippen LogP contribution is -2.24. The molecule has 1 unspecified atom stereocenters. The van der Waals surface area contributed by atoms with Gasteiger partial charge in [-0.2, -0.15) is 10.4 Å². The van der Waals surface area contributed by atoms with Gasteiger partial charge in [-0.15, -0.1) is 0 Å². The lowest BCUT2D eigenvalue weighted by Gasteiger charge is -2.10. The summed E-state index contributed by atoms with van der Waals surface area (Å²) in [5, 5.41) is 15.7. The number of hydrogen-bond donors (Lipinski definition) is 2. The number of H-pyrrole nitrogens is 1. The van der Waals surface area contributed by atoms with E-state index in [1.807, 2.05) is 13.0 Å². The number of aryl methyl sites for hydroxylation is 1. The molecular weight excluding hydrogens is 240 g/mol. The van der Waals surface area contributed by atoms with Gasteiger partial charge in [0.15, 0.2) is 0 Å². The molecule has 1 aliphatic rings. The predicted molar refractivity (Wildman–Crippen MR) is 70.7 cm³/mol. The predicted octanol–water partition coefficient (Wildman–Crippen LogP) is 1.52. The van der Waals surface area contributed by atoms with Crippen molar-refractivity contribution in [3.8, 4) is 22.9 Å². The van der Waals surface area contributed by atoms with Crippen LogP contribution in [0.4, 0.5) is 0 Å². The molecule has 1 aromatic heterocycles. The summed E-state index contributed by atoms with van der Waals surface area (Å²) in [5.41, 5.74) is 10.1. The van der Waals surface area contributed by atoms with Gasteiger partial charge in [0.25, 0.3) is 0 Å². The fourth-order valence-corrected chi connectivity index (χ4v) is 2.50. The minimum absolute atomic E-state index is 0.0213. The molecule has 1 aromatic carbocycles. The molecular formula is C14H14N4O. The SMILES string of the molecule is Cc1cc2c(c(-c3cn[nH]c3C#N)c1)OC(CN)C2. The molecule has 3 rings (SSSR count). The second-order valence-corrected chi connectivity index (χ2v) is 4.75. The summed E-state index contributed by atoms with van der Waals surface area (Å²) in [6.07, 6.45) is 2.50. The van der Waals surface area contributed by atoms with E-state index >= 15 is 0 Å². The Morgan fingerprint density at radius 2 is 2.37 bits per heavy atom. The molecule has 0 aliphatic carbocycles. The van der Waals surface area contributed by atoms with Crippen LogP contribution in [0.5, 0.6) is 5.75 Å². The topological polar surface area (TPSA) is 87.7 Å². The molecule has 2 aromatic rings. The van der Waals surface area contributed by atoms with Gasteiger partial charge in [-0.1, -0.05) is 6.07 Å². The van der Waals surface area contributed by atoms with Gasteiger partial charge in [0.1, 0.15) is 23.6 Å². The first-order valence-electron chi connectivity index (χ1n) is 6.17. The van der Waals surface area contributed by atoms with E-state index in [-0.39, 0.29) is 6.10 Å². The highest BCUT2D eigenvalue weighted by Gasteiger charge is 2.26. The first kappa shape index (κ1) is 11.8. The van der Waals surface area contributed by atoms with Gasteiger partial charge in [-0.05, 0) is 24.1 Å². The summed E-state index contributed by atoms with van der Waals surface area (Å²) in [7, 11) is 0. The molecule has 0 amide bonds. The molecule has 5 nitrogen and oxygen atoms in total. The Morgan fingerprint density at radius 1 is 1.53 bits per heavy atom. The quantitative estimate of drug-likeness (QED) is 0.850. The zero-order chi connectivity index (χ0) is 13.4. The first-order valence-corrected chi connectivity index (χ1v) is 6.17. The summed E-state index contributed by atoms with van der Waals surface area (Å²) in [6.45, 7) is 2.52. The van der Waals surface area contributed by atoms with Gasteiger partial charge in [0, 0.05) is 24.1 Å². The van der Waals surface area contributed by atoms with Crippen LogP contribution in [0.15, 0.2) is 18.3 Å². The maximum atomic E-state index is 9.10. The molecule has 96 valence electrons. The summed E-state index contributed by atoms with van der Waals surface area (Å²) < 4.78 is 5.89. The number of benzene rings is 1. The number of aromatic amines is 1. The van der Waals surface area contributed by atoms with E-state index in [1.165, 1.54) is 0 Å². The Bertz CT molecular complexity index is 669. The van der Waals surface area contributed by atoms with Crippen LogP contribution in [-0.4, -0.2) is 22.8 Å². The number of nitrogens with zero attached hydrogens (tertiary/aromatic N) is 2. The molecule has 19 heavy (non-hydrogen) atoms. The van der Waals surface area contributed by atoms with Crippen molar-refractivity contribution in [1.82, 2.24) is 10.2 Å². The fraction of sp³-hybridized carbons (Fsp3) is 0.286. The number of ether oxygens (including phenoxy) is 1. The van der Waals surface area contributed by atoms with Crippen LogP contribution in [0.2, 0.25) is 0 Å². The highest BCUT2D eigenvalue weighted by atomic mass is 16.5. The number of fused-ring (bicyclic) bond motifs is 1. The smallest absolute Gasteiger partial charge is 0.143 e. The number of nitriles is 1.